The first-order valence-electron chi connectivity index (χ1n) is 15.2. The van der Waals surface area contributed by atoms with E-state index in [0.29, 0.717) is 38.8 Å². The van der Waals surface area contributed by atoms with Crippen molar-refractivity contribution in [2.24, 2.45) is 5.92 Å². The molecular weight excluding hydrogens is 553 g/mol. The van der Waals surface area contributed by atoms with Gasteiger partial charge >= 0.3 is 6.18 Å². The molecule has 0 aromatic heterocycles. The van der Waals surface area contributed by atoms with Crippen molar-refractivity contribution in [3.05, 3.63) is 101 Å². The monoisotopic (exact) mass is 592 g/mol. The topological polar surface area (TPSA) is 39.3 Å². The molecule has 2 aromatic rings. The molecule has 0 N–H and O–H groups in total. The molecule has 43 heavy (non-hydrogen) atoms. The number of carbonyl (C=O) groups excluding carboxylic acids is 1. The summed E-state index contributed by atoms with van der Waals surface area (Å²) < 4.78 is 43.8. The molecule has 2 saturated heterocycles. The van der Waals surface area contributed by atoms with E-state index in [4.69, 9.17) is 4.74 Å². The zero-order chi connectivity index (χ0) is 30.0. The number of amides is 1. The predicted octanol–water partition coefficient (Wildman–Crippen LogP) is 5.33. The molecule has 9 heteroatoms. The van der Waals surface area contributed by atoms with Crippen LogP contribution in [0.4, 0.5) is 13.2 Å². The van der Waals surface area contributed by atoms with Crippen molar-refractivity contribution in [1.29, 1.82) is 0 Å². The highest BCUT2D eigenvalue weighted by atomic mass is 19.4. The number of alkyl halides is 3. The number of piperidine rings is 1. The highest BCUT2D eigenvalue weighted by Crippen LogP contribution is 2.34. The number of nitrogens with zero attached hydrogens (tertiary/aromatic N) is 4. The van der Waals surface area contributed by atoms with Crippen LogP contribution in [0, 0.1) is 5.92 Å². The summed E-state index contributed by atoms with van der Waals surface area (Å²) in [5, 5.41) is 0. The SMILES string of the molecule is COc1ccc(CN2CCC(N3C=CC4C=C(C(=O)N5CCN(Cc6ccc(C(F)(F)F)cc6)CC5)C=CC43)CC2)cc1. The second-order valence-electron chi connectivity index (χ2n) is 12.0. The van der Waals surface area contributed by atoms with E-state index in [-0.39, 0.29) is 17.9 Å². The van der Waals surface area contributed by atoms with Gasteiger partial charge in [-0.05, 0) is 54.4 Å². The summed E-state index contributed by atoms with van der Waals surface area (Å²) in [5.74, 6) is 1.14. The second-order valence-corrected chi connectivity index (χ2v) is 12.0. The van der Waals surface area contributed by atoms with E-state index < -0.39 is 11.7 Å². The van der Waals surface area contributed by atoms with Crippen molar-refractivity contribution in [3.8, 4) is 5.75 Å². The molecule has 6 rings (SSSR count). The summed E-state index contributed by atoms with van der Waals surface area (Å²) in [6.07, 6.45) is 8.68. The van der Waals surface area contributed by atoms with Gasteiger partial charge in [0.25, 0.3) is 5.91 Å². The number of rotatable bonds is 7. The summed E-state index contributed by atoms with van der Waals surface area (Å²) in [4.78, 5) is 22.5. The summed E-state index contributed by atoms with van der Waals surface area (Å²) >= 11 is 0. The minimum Gasteiger partial charge on any atom is -0.497 e. The van der Waals surface area contributed by atoms with E-state index in [1.54, 1.807) is 19.2 Å². The lowest BCUT2D eigenvalue weighted by molar-refractivity contribution is -0.137. The van der Waals surface area contributed by atoms with Crippen LogP contribution in [0.15, 0.2) is 84.6 Å². The summed E-state index contributed by atoms with van der Waals surface area (Å²) in [6, 6.07) is 14.4. The van der Waals surface area contributed by atoms with E-state index in [0.717, 1.165) is 61.5 Å². The van der Waals surface area contributed by atoms with Gasteiger partial charge in [-0.15, -0.1) is 0 Å². The third-order valence-corrected chi connectivity index (χ3v) is 9.20. The fraction of sp³-hybridized carbons (Fsp3) is 0.441. The number of likely N-dealkylation sites (tertiary alicyclic amines) is 1. The Morgan fingerprint density at radius 1 is 0.837 bits per heavy atom. The van der Waals surface area contributed by atoms with Crippen molar-refractivity contribution >= 4 is 5.91 Å². The maximum atomic E-state index is 13.4. The van der Waals surface area contributed by atoms with Gasteiger partial charge in [-0.2, -0.15) is 13.2 Å². The summed E-state index contributed by atoms with van der Waals surface area (Å²) in [5.41, 5.74) is 2.27. The Morgan fingerprint density at radius 3 is 2.05 bits per heavy atom. The molecule has 3 aliphatic heterocycles. The molecule has 0 spiro atoms. The predicted molar refractivity (Wildman–Crippen MR) is 160 cm³/mol. The number of hydrogen-bond donors (Lipinski definition) is 0. The van der Waals surface area contributed by atoms with Gasteiger partial charge in [0.05, 0.1) is 18.7 Å². The van der Waals surface area contributed by atoms with Crippen LogP contribution in [0.5, 0.6) is 5.75 Å². The molecule has 2 fully saturated rings. The Morgan fingerprint density at radius 2 is 1.44 bits per heavy atom. The number of halogens is 3. The van der Waals surface area contributed by atoms with Crippen LogP contribution in [-0.2, 0) is 24.1 Å². The molecule has 2 atom stereocenters. The smallest absolute Gasteiger partial charge is 0.416 e. The Balaban J connectivity index is 0.962. The molecule has 4 aliphatic rings. The zero-order valence-corrected chi connectivity index (χ0v) is 24.5. The zero-order valence-electron chi connectivity index (χ0n) is 24.5. The van der Waals surface area contributed by atoms with Crippen LogP contribution in [0.3, 0.4) is 0 Å². The van der Waals surface area contributed by atoms with Gasteiger partial charge in [0, 0.05) is 69.9 Å². The van der Waals surface area contributed by atoms with Gasteiger partial charge in [0.15, 0.2) is 0 Å². The molecule has 0 radical (unpaired) electrons. The molecule has 2 unspecified atom stereocenters. The summed E-state index contributed by atoms with van der Waals surface area (Å²) in [7, 11) is 1.69. The molecule has 3 heterocycles. The van der Waals surface area contributed by atoms with E-state index in [1.807, 2.05) is 23.1 Å². The van der Waals surface area contributed by atoms with Crippen molar-refractivity contribution in [1.82, 2.24) is 19.6 Å². The number of carbonyl (C=O) groups is 1. The Bertz CT molecular complexity index is 1350. The molecule has 1 aliphatic carbocycles. The maximum absolute atomic E-state index is 13.4. The van der Waals surface area contributed by atoms with Gasteiger partial charge < -0.3 is 14.5 Å². The fourth-order valence-corrected chi connectivity index (χ4v) is 6.68. The number of piperazine rings is 1. The highest BCUT2D eigenvalue weighted by Gasteiger charge is 2.36. The number of fused-ring (bicyclic) bond motifs is 1. The van der Waals surface area contributed by atoms with Gasteiger partial charge in [0.2, 0.25) is 0 Å². The van der Waals surface area contributed by atoms with Crippen molar-refractivity contribution in [3.63, 3.8) is 0 Å². The van der Waals surface area contributed by atoms with Gasteiger partial charge in [0.1, 0.15) is 5.75 Å². The third-order valence-electron chi connectivity index (χ3n) is 9.20. The Hall–Kier alpha value is -3.56. The van der Waals surface area contributed by atoms with Crippen LogP contribution in [0.25, 0.3) is 0 Å². The average molecular weight is 593 g/mol. The highest BCUT2D eigenvalue weighted by molar-refractivity contribution is 5.96. The minimum absolute atomic E-state index is 0.0579. The molecular formula is C34H39F3N4O2. The standard InChI is InChI=1S/C34H39F3N4O2/c1-43-31-9-4-26(5-10-31)23-38-15-13-30(14-16-38)41-17-12-27-22-28(6-11-32(27)41)33(42)40-20-18-39(19-21-40)24-25-2-7-29(8-3-25)34(35,36)37/h2-12,17,22,27,30,32H,13-16,18-21,23-24H2,1H3. The minimum atomic E-state index is -4.32. The number of hydrogen-bond acceptors (Lipinski definition) is 5. The average Bonchev–Trinajstić information content (AvgIpc) is 3.45. The first-order chi connectivity index (χ1) is 20.8. The lowest BCUT2D eigenvalue weighted by Crippen LogP contribution is -2.49. The van der Waals surface area contributed by atoms with Gasteiger partial charge in [-0.25, -0.2) is 0 Å². The second kappa shape index (κ2) is 12.6. The van der Waals surface area contributed by atoms with Crippen LogP contribution in [-0.4, -0.2) is 84.0 Å². The normalized spacial score (nSPS) is 23.4. The third kappa shape index (κ3) is 6.83. The molecule has 0 saturated carbocycles. The lowest BCUT2D eigenvalue weighted by atomic mass is 9.90. The molecule has 1 amide bonds. The molecule has 0 bridgehead atoms. The quantitative estimate of drug-likeness (QED) is 0.435. The molecule has 6 nitrogen and oxygen atoms in total. The fourth-order valence-electron chi connectivity index (χ4n) is 6.68. The van der Waals surface area contributed by atoms with Crippen molar-refractivity contribution < 1.29 is 22.7 Å². The Labute approximate surface area is 251 Å². The first-order valence-corrected chi connectivity index (χ1v) is 15.2. The van der Waals surface area contributed by atoms with E-state index >= 15 is 0 Å². The number of ether oxygens (including phenoxy) is 1. The van der Waals surface area contributed by atoms with Gasteiger partial charge in [-0.1, -0.05) is 48.6 Å². The molecule has 2 aromatic carbocycles. The van der Waals surface area contributed by atoms with E-state index in [2.05, 4.69) is 51.3 Å². The lowest BCUT2D eigenvalue weighted by Gasteiger charge is -2.41. The Kier molecular flexibility index (Phi) is 8.63. The van der Waals surface area contributed by atoms with Crippen LogP contribution >= 0.6 is 0 Å². The van der Waals surface area contributed by atoms with E-state index in [1.165, 1.54) is 5.56 Å². The largest absolute Gasteiger partial charge is 0.497 e. The van der Waals surface area contributed by atoms with Crippen LogP contribution in [0.1, 0.15) is 29.5 Å². The maximum Gasteiger partial charge on any atom is 0.416 e. The first kappa shape index (κ1) is 29.5. The van der Waals surface area contributed by atoms with Crippen molar-refractivity contribution in [2.45, 2.75) is 44.2 Å². The van der Waals surface area contributed by atoms with E-state index in [9.17, 15) is 18.0 Å². The van der Waals surface area contributed by atoms with Crippen LogP contribution < -0.4 is 4.74 Å². The van der Waals surface area contributed by atoms with Gasteiger partial charge in [-0.3, -0.25) is 14.6 Å². The van der Waals surface area contributed by atoms with Crippen LogP contribution in [0.2, 0.25) is 0 Å². The number of benzene rings is 2. The molecule has 228 valence electrons. The summed E-state index contributed by atoms with van der Waals surface area (Å²) in [6.45, 7) is 6.26. The number of methoxy groups -OCH3 is 1. The van der Waals surface area contributed by atoms with Crippen molar-refractivity contribution in [2.75, 3.05) is 46.4 Å².